The normalized spacial score (nSPS) is 10.5. The van der Waals surface area contributed by atoms with Crippen molar-refractivity contribution in [1.29, 1.82) is 0 Å². The summed E-state index contributed by atoms with van der Waals surface area (Å²) in [6.07, 6.45) is 0. The van der Waals surface area contributed by atoms with E-state index in [4.69, 9.17) is 5.73 Å². The molecule has 0 fully saturated rings. The number of nitro groups is 1. The number of fused-ring (bicyclic) bond motifs is 1. The van der Waals surface area contributed by atoms with Gasteiger partial charge >= 0.3 is 0 Å². The fourth-order valence-corrected chi connectivity index (χ4v) is 3.35. The van der Waals surface area contributed by atoms with Crippen molar-refractivity contribution in [2.24, 2.45) is 0 Å². The van der Waals surface area contributed by atoms with Gasteiger partial charge in [-0.25, -0.2) is 9.97 Å². The summed E-state index contributed by atoms with van der Waals surface area (Å²) >= 11 is 1.31. The van der Waals surface area contributed by atoms with Crippen LogP contribution in [0.25, 0.3) is 16.6 Å². The fourth-order valence-electron chi connectivity index (χ4n) is 2.58. The van der Waals surface area contributed by atoms with Crippen LogP contribution in [0.3, 0.4) is 0 Å². The van der Waals surface area contributed by atoms with Gasteiger partial charge in [-0.05, 0) is 36.9 Å². The summed E-state index contributed by atoms with van der Waals surface area (Å²) in [5.74, 6) is 1.09. The number of benzene rings is 2. The molecule has 2 heterocycles. The Morgan fingerprint density at radius 2 is 1.90 bits per heavy atom. The van der Waals surface area contributed by atoms with E-state index in [0.717, 1.165) is 10.6 Å². The van der Waals surface area contributed by atoms with Crippen LogP contribution >= 0.6 is 11.8 Å². The van der Waals surface area contributed by atoms with Gasteiger partial charge < -0.3 is 11.1 Å². The SMILES string of the molecule is Cc1cc(Nc2nc(Sc3ccc([NH-])cc3)nc3cc([N+](=O)[O-])ccc23)n[nH]1.[Ac]. The molecule has 1 radical (unpaired) electrons. The number of hydrogen-bond acceptors (Lipinski definition) is 7. The first-order valence-electron chi connectivity index (χ1n) is 8.23. The van der Waals surface area contributed by atoms with E-state index in [2.05, 4.69) is 25.5 Å². The summed E-state index contributed by atoms with van der Waals surface area (Å²) in [6, 6.07) is 13.3. The molecule has 9 nitrogen and oxygen atoms in total. The maximum Gasteiger partial charge on any atom is 0.271 e. The molecule has 2 aromatic carbocycles. The molecule has 0 unspecified atom stereocenters. The first kappa shape index (κ1) is 21.5. The Balaban J connectivity index is 0.00000240. The van der Waals surface area contributed by atoms with Gasteiger partial charge in [-0.15, -0.1) is 5.69 Å². The number of nitrogens with one attached hydrogen (secondary N) is 3. The van der Waals surface area contributed by atoms with Crippen molar-refractivity contribution >= 4 is 45.7 Å². The fraction of sp³-hybridized carbons (Fsp3) is 0.0556. The second kappa shape index (κ2) is 9.07. The van der Waals surface area contributed by atoms with E-state index in [9.17, 15) is 10.1 Å². The average Bonchev–Trinajstić information content (AvgIpc) is 3.08. The van der Waals surface area contributed by atoms with E-state index in [1.54, 1.807) is 30.3 Å². The predicted octanol–water partition coefficient (Wildman–Crippen LogP) is 5.15. The van der Waals surface area contributed by atoms with Gasteiger partial charge in [-0.3, -0.25) is 15.2 Å². The molecule has 0 aliphatic rings. The standard InChI is InChI=1S/C18H14N7O2S.Ac/c1-10-8-16(24-23-10)21-17-14-7-4-12(25(26)27)9-15(14)20-18(22-17)28-13-5-2-11(19)3-6-13;/h2-9,19H,1H3,(H2,20,21,22,23,24);/q-1;. The number of aryl methyl sites for hydroxylation is 1. The third-order valence-electron chi connectivity index (χ3n) is 3.89. The Labute approximate surface area is 205 Å². The summed E-state index contributed by atoms with van der Waals surface area (Å²) in [7, 11) is 0. The number of aromatic amines is 1. The summed E-state index contributed by atoms with van der Waals surface area (Å²) in [5.41, 5.74) is 9.30. The van der Waals surface area contributed by atoms with E-state index < -0.39 is 4.92 Å². The molecule has 2 aromatic heterocycles. The van der Waals surface area contributed by atoms with Crippen molar-refractivity contribution in [2.45, 2.75) is 17.0 Å². The van der Waals surface area contributed by atoms with Crippen LogP contribution in [0.1, 0.15) is 5.69 Å². The minimum Gasteiger partial charge on any atom is -0.699 e. The van der Waals surface area contributed by atoms with Crippen LogP contribution in [0.5, 0.6) is 0 Å². The van der Waals surface area contributed by atoms with Crippen molar-refractivity contribution in [1.82, 2.24) is 20.2 Å². The van der Waals surface area contributed by atoms with Crippen LogP contribution < -0.4 is 5.32 Å². The maximum absolute atomic E-state index is 11.1. The Morgan fingerprint density at radius 3 is 2.55 bits per heavy atom. The van der Waals surface area contributed by atoms with E-state index in [1.807, 2.05) is 13.0 Å². The van der Waals surface area contributed by atoms with Gasteiger partial charge in [0.05, 0.1) is 10.4 Å². The van der Waals surface area contributed by atoms with E-state index in [1.165, 1.54) is 23.9 Å². The van der Waals surface area contributed by atoms with Gasteiger partial charge in [0, 0.05) is 78.2 Å². The molecule has 0 amide bonds. The summed E-state index contributed by atoms with van der Waals surface area (Å²) < 4.78 is 0. The second-order valence-electron chi connectivity index (χ2n) is 6.00. The Kier molecular flexibility index (Phi) is 6.72. The molecule has 0 aliphatic heterocycles. The minimum atomic E-state index is -0.453. The Morgan fingerprint density at radius 1 is 1.14 bits per heavy atom. The van der Waals surface area contributed by atoms with Crippen LogP contribution in [-0.2, 0) is 0 Å². The molecule has 29 heavy (non-hydrogen) atoms. The summed E-state index contributed by atoms with van der Waals surface area (Å²) in [6.45, 7) is 1.89. The zero-order valence-corrected chi connectivity index (χ0v) is 20.8. The second-order valence-corrected chi connectivity index (χ2v) is 7.04. The molecular formula is C18H14AcN7O2S-. The van der Waals surface area contributed by atoms with Crippen LogP contribution in [0.4, 0.5) is 23.0 Å². The van der Waals surface area contributed by atoms with Gasteiger partial charge in [0.25, 0.3) is 5.69 Å². The van der Waals surface area contributed by atoms with Crippen LogP contribution in [-0.4, -0.2) is 25.1 Å². The maximum atomic E-state index is 11.1. The molecule has 0 spiro atoms. The number of anilines is 2. The minimum absolute atomic E-state index is 0. The molecule has 11 heteroatoms. The van der Waals surface area contributed by atoms with Crippen molar-refractivity contribution in [3.8, 4) is 0 Å². The molecule has 0 saturated carbocycles. The van der Waals surface area contributed by atoms with Crippen molar-refractivity contribution in [2.75, 3.05) is 5.32 Å². The molecule has 4 aromatic rings. The van der Waals surface area contributed by atoms with Crippen LogP contribution in [0, 0.1) is 61.1 Å². The molecule has 4 rings (SSSR count). The number of non-ortho nitro benzene ring substituents is 1. The topological polar surface area (TPSA) is 133 Å². The molecule has 3 N–H and O–H groups in total. The monoisotopic (exact) mass is 619 g/mol. The number of H-pyrrole nitrogens is 1. The number of rotatable bonds is 5. The molecular weight excluding hydrogens is 605 g/mol. The summed E-state index contributed by atoms with van der Waals surface area (Å²) in [4.78, 5) is 20.6. The van der Waals surface area contributed by atoms with E-state index >= 15 is 0 Å². The Bertz CT molecular complexity index is 1180. The third kappa shape index (κ3) is 5.04. The molecule has 0 aliphatic carbocycles. The number of nitro benzene ring substituents is 1. The first-order chi connectivity index (χ1) is 13.5. The zero-order valence-electron chi connectivity index (χ0n) is 15.2. The van der Waals surface area contributed by atoms with Crippen molar-refractivity contribution in [3.05, 3.63) is 70.1 Å². The zero-order chi connectivity index (χ0) is 19.7. The van der Waals surface area contributed by atoms with Crippen molar-refractivity contribution < 1.29 is 49.0 Å². The van der Waals surface area contributed by atoms with Gasteiger partial charge in [0.15, 0.2) is 11.0 Å². The third-order valence-corrected chi connectivity index (χ3v) is 4.76. The number of nitrogens with zero attached hydrogens (tertiary/aromatic N) is 4. The molecule has 0 bridgehead atoms. The van der Waals surface area contributed by atoms with Gasteiger partial charge in [0.2, 0.25) is 0 Å². The molecule has 0 atom stereocenters. The smallest absolute Gasteiger partial charge is 0.271 e. The van der Waals surface area contributed by atoms with Crippen molar-refractivity contribution in [3.63, 3.8) is 0 Å². The average molecular weight is 619 g/mol. The number of aromatic nitrogens is 4. The van der Waals surface area contributed by atoms with Gasteiger partial charge in [0.1, 0.15) is 5.82 Å². The summed E-state index contributed by atoms with van der Waals surface area (Å²) in [5, 5.41) is 22.4. The number of hydrogen-bond donors (Lipinski definition) is 2. The largest absolute Gasteiger partial charge is 0.699 e. The van der Waals surface area contributed by atoms with Gasteiger partial charge in [-0.2, -0.15) is 5.10 Å². The predicted molar refractivity (Wildman–Crippen MR) is 107 cm³/mol. The first-order valence-corrected chi connectivity index (χ1v) is 9.04. The quantitative estimate of drug-likeness (QED) is 0.179. The van der Waals surface area contributed by atoms with E-state index in [0.29, 0.717) is 33.4 Å². The molecule has 143 valence electrons. The van der Waals surface area contributed by atoms with Crippen LogP contribution in [0.15, 0.2) is 58.6 Å². The molecule has 0 saturated heterocycles. The Hall–Kier alpha value is -2.22. The van der Waals surface area contributed by atoms with Crippen LogP contribution in [0.2, 0.25) is 0 Å². The van der Waals surface area contributed by atoms with E-state index in [-0.39, 0.29) is 49.7 Å². The van der Waals surface area contributed by atoms with Gasteiger partial charge in [-0.1, -0.05) is 12.1 Å².